The predicted octanol–water partition coefficient (Wildman–Crippen LogP) is -2.01. The molecular formula is C6H10N2O5. The van der Waals surface area contributed by atoms with Crippen LogP contribution < -0.4 is 11.1 Å². The molecule has 0 aliphatic heterocycles. The molecule has 13 heavy (non-hydrogen) atoms. The van der Waals surface area contributed by atoms with Crippen molar-refractivity contribution in [2.45, 2.75) is 12.5 Å². The summed E-state index contributed by atoms with van der Waals surface area (Å²) in [6.07, 6.45) is -0.00560. The summed E-state index contributed by atoms with van der Waals surface area (Å²) >= 11 is 0. The van der Waals surface area contributed by atoms with Crippen molar-refractivity contribution < 1.29 is 24.6 Å². The highest BCUT2D eigenvalue weighted by Crippen LogP contribution is 1.89. The highest BCUT2D eigenvalue weighted by Gasteiger charge is 2.22. The van der Waals surface area contributed by atoms with E-state index in [9.17, 15) is 14.4 Å². The average molecular weight is 190 g/mol. The van der Waals surface area contributed by atoms with E-state index in [4.69, 9.17) is 15.9 Å². The zero-order chi connectivity index (χ0) is 10.4. The number of amides is 1. The lowest BCUT2D eigenvalue weighted by Crippen LogP contribution is -2.44. The maximum absolute atomic E-state index is 10.5. The van der Waals surface area contributed by atoms with E-state index in [0.717, 1.165) is 0 Å². The Labute approximate surface area is 73.5 Å². The molecule has 0 aromatic carbocycles. The minimum absolute atomic E-state index is 0.00560. The van der Waals surface area contributed by atoms with Gasteiger partial charge < -0.3 is 21.3 Å². The number of carboxylic acid groups (broad SMARTS) is 2. The van der Waals surface area contributed by atoms with Crippen molar-refractivity contribution in [1.29, 1.82) is 0 Å². The molecule has 1 unspecified atom stereocenters. The van der Waals surface area contributed by atoms with E-state index in [-0.39, 0.29) is 13.0 Å². The molecule has 0 saturated heterocycles. The smallest absolute Gasteiger partial charge is 0.394 e. The molecule has 0 radical (unpaired) electrons. The Kier molecular flexibility index (Phi) is 4.45. The van der Waals surface area contributed by atoms with Gasteiger partial charge in [-0.15, -0.1) is 0 Å². The second-order valence-electron chi connectivity index (χ2n) is 2.25. The van der Waals surface area contributed by atoms with Crippen LogP contribution in [-0.4, -0.2) is 40.6 Å². The van der Waals surface area contributed by atoms with Gasteiger partial charge in [0.1, 0.15) is 6.04 Å². The minimum Gasteiger partial charge on any atom is -0.480 e. The first-order valence-corrected chi connectivity index (χ1v) is 3.45. The molecule has 7 heteroatoms. The predicted molar refractivity (Wildman–Crippen MR) is 40.9 cm³/mol. The van der Waals surface area contributed by atoms with E-state index in [2.05, 4.69) is 0 Å². The number of carbonyl (C=O) groups is 3. The van der Waals surface area contributed by atoms with Crippen molar-refractivity contribution in [2.75, 3.05) is 6.54 Å². The number of carbonyl (C=O) groups excluding carboxylic acids is 1. The Morgan fingerprint density at radius 2 is 1.85 bits per heavy atom. The van der Waals surface area contributed by atoms with Crippen molar-refractivity contribution in [3.63, 3.8) is 0 Å². The molecule has 0 heterocycles. The van der Waals surface area contributed by atoms with Gasteiger partial charge in [0.25, 0.3) is 0 Å². The van der Waals surface area contributed by atoms with Crippen LogP contribution in [0.5, 0.6) is 0 Å². The first-order chi connectivity index (χ1) is 5.99. The minimum atomic E-state index is -1.72. The van der Waals surface area contributed by atoms with Crippen LogP contribution in [0.4, 0.5) is 0 Å². The SMILES string of the molecule is NCCC(NC(=O)C(=O)O)C(=O)O. The summed E-state index contributed by atoms with van der Waals surface area (Å²) in [6.45, 7) is 0.0524. The first-order valence-electron chi connectivity index (χ1n) is 3.45. The van der Waals surface area contributed by atoms with Gasteiger partial charge >= 0.3 is 17.8 Å². The molecule has 0 aromatic rings. The number of rotatable bonds is 4. The van der Waals surface area contributed by atoms with Gasteiger partial charge in [0.05, 0.1) is 0 Å². The van der Waals surface area contributed by atoms with Crippen molar-refractivity contribution in [3.05, 3.63) is 0 Å². The fourth-order valence-corrected chi connectivity index (χ4v) is 0.644. The Morgan fingerprint density at radius 1 is 1.31 bits per heavy atom. The summed E-state index contributed by atoms with van der Waals surface area (Å²) in [4.78, 5) is 30.9. The summed E-state index contributed by atoms with van der Waals surface area (Å²) in [5.41, 5.74) is 5.06. The van der Waals surface area contributed by atoms with Crippen LogP contribution >= 0.6 is 0 Å². The highest BCUT2D eigenvalue weighted by molar-refractivity contribution is 6.31. The molecule has 0 fully saturated rings. The molecule has 5 N–H and O–H groups in total. The van der Waals surface area contributed by atoms with Gasteiger partial charge in [-0.25, -0.2) is 9.59 Å². The van der Waals surface area contributed by atoms with Gasteiger partial charge in [0.2, 0.25) is 0 Å². The van der Waals surface area contributed by atoms with Crippen LogP contribution in [0.1, 0.15) is 6.42 Å². The number of carboxylic acids is 2. The molecule has 0 saturated carbocycles. The van der Waals surface area contributed by atoms with E-state index in [0.29, 0.717) is 0 Å². The Hall–Kier alpha value is -1.63. The van der Waals surface area contributed by atoms with Crippen LogP contribution in [0.3, 0.4) is 0 Å². The number of hydrogen-bond acceptors (Lipinski definition) is 4. The quantitative estimate of drug-likeness (QED) is 0.379. The van der Waals surface area contributed by atoms with Crippen molar-refractivity contribution in [3.8, 4) is 0 Å². The Balaban J connectivity index is 4.17. The molecule has 74 valence electrons. The molecular weight excluding hydrogens is 180 g/mol. The highest BCUT2D eigenvalue weighted by atomic mass is 16.4. The largest absolute Gasteiger partial charge is 0.480 e. The lowest BCUT2D eigenvalue weighted by Gasteiger charge is -2.10. The summed E-state index contributed by atoms with van der Waals surface area (Å²) in [5.74, 6) is -4.37. The number of nitrogens with two attached hydrogens (primary N) is 1. The average Bonchev–Trinajstić information content (AvgIpc) is 2.03. The number of nitrogens with one attached hydrogen (secondary N) is 1. The lowest BCUT2D eigenvalue weighted by molar-refractivity contribution is -0.152. The normalized spacial score (nSPS) is 11.8. The molecule has 0 aliphatic rings. The van der Waals surface area contributed by atoms with Crippen LogP contribution in [0.25, 0.3) is 0 Å². The third-order valence-corrected chi connectivity index (χ3v) is 1.25. The van der Waals surface area contributed by atoms with Crippen LogP contribution in [0.15, 0.2) is 0 Å². The van der Waals surface area contributed by atoms with Gasteiger partial charge in [0, 0.05) is 0 Å². The Bertz CT molecular complexity index is 227. The lowest BCUT2D eigenvalue weighted by atomic mass is 10.2. The van der Waals surface area contributed by atoms with Gasteiger partial charge in [0.15, 0.2) is 0 Å². The fraction of sp³-hybridized carbons (Fsp3) is 0.500. The molecule has 7 nitrogen and oxygen atoms in total. The topological polar surface area (TPSA) is 130 Å². The van der Waals surface area contributed by atoms with Gasteiger partial charge in [-0.1, -0.05) is 0 Å². The van der Waals surface area contributed by atoms with Gasteiger partial charge in [-0.05, 0) is 13.0 Å². The standard InChI is InChI=1S/C6H10N2O5/c7-2-1-3(5(10)11)8-4(9)6(12)13/h3H,1-2,7H2,(H,8,9)(H,10,11)(H,12,13). The Morgan fingerprint density at radius 3 is 2.15 bits per heavy atom. The van der Waals surface area contributed by atoms with Gasteiger partial charge in [-0.2, -0.15) is 0 Å². The fourth-order valence-electron chi connectivity index (χ4n) is 0.644. The number of hydrogen-bond donors (Lipinski definition) is 4. The van der Waals surface area contributed by atoms with Gasteiger partial charge in [-0.3, -0.25) is 4.79 Å². The monoisotopic (exact) mass is 190 g/mol. The molecule has 0 spiro atoms. The molecule has 0 rings (SSSR count). The molecule has 0 aromatic heterocycles. The molecule has 1 amide bonds. The van der Waals surface area contributed by atoms with E-state index in [1.165, 1.54) is 0 Å². The molecule has 0 aliphatic carbocycles. The van der Waals surface area contributed by atoms with Crippen LogP contribution in [-0.2, 0) is 14.4 Å². The zero-order valence-electron chi connectivity index (χ0n) is 6.69. The van der Waals surface area contributed by atoms with Crippen molar-refractivity contribution >= 4 is 17.8 Å². The third-order valence-electron chi connectivity index (χ3n) is 1.25. The molecule has 1 atom stereocenters. The van der Waals surface area contributed by atoms with Crippen LogP contribution in [0, 0.1) is 0 Å². The van der Waals surface area contributed by atoms with E-state index in [1.54, 1.807) is 5.32 Å². The maximum atomic E-state index is 10.5. The summed E-state index contributed by atoms with van der Waals surface area (Å²) < 4.78 is 0. The second-order valence-corrected chi connectivity index (χ2v) is 2.25. The second kappa shape index (κ2) is 5.09. The molecule has 0 bridgehead atoms. The van der Waals surface area contributed by atoms with E-state index in [1.807, 2.05) is 0 Å². The summed E-state index contributed by atoms with van der Waals surface area (Å²) in [5, 5.41) is 18.4. The first kappa shape index (κ1) is 11.4. The van der Waals surface area contributed by atoms with E-state index < -0.39 is 23.9 Å². The maximum Gasteiger partial charge on any atom is 0.394 e. The third kappa shape index (κ3) is 4.06. The number of aliphatic carboxylic acids is 2. The van der Waals surface area contributed by atoms with Crippen LogP contribution in [0.2, 0.25) is 0 Å². The summed E-state index contributed by atoms with van der Waals surface area (Å²) in [7, 11) is 0. The van der Waals surface area contributed by atoms with Crippen molar-refractivity contribution in [1.82, 2.24) is 5.32 Å². The van der Waals surface area contributed by atoms with Crippen molar-refractivity contribution in [2.24, 2.45) is 5.73 Å². The summed E-state index contributed by atoms with van der Waals surface area (Å²) in [6, 6.07) is -1.24. The zero-order valence-corrected chi connectivity index (χ0v) is 6.69. The van der Waals surface area contributed by atoms with E-state index >= 15 is 0 Å².